The molecule has 1 amide bonds. The minimum absolute atomic E-state index is 0.0265. The number of ketones is 1. The Morgan fingerprint density at radius 2 is 1.54 bits per heavy atom. The van der Waals surface area contributed by atoms with Gasteiger partial charge in [0.15, 0.2) is 0 Å². The molecule has 3 aromatic rings. The average molecular weight is 501 g/mol. The summed E-state index contributed by atoms with van der Waals surface area (Å²) < 4.78 is 5.47. The Balaban J connectivity index is 1.84. The number of hydrogen-bond donors (Lipinski definition) is 2. The molecule has 1 aliphatic rings. The number of benzene rings is 3. The molecule has 0 aromatic heterocycles. The summed E-state index contributed by atoms with van der Waals surface area (Å²) in [5, 5.41) is 20.4. The van der Waals surface area contributed by atoms with E-state index in [2.05, 4.69) is 0 Å². The number of anilines is 2. The van der Waals surface area contributed by atoms with E-state index in [1.165, 1.54) is 4.90 Å². The topological polar surface area (TPSA) is 107 Å². The van der Waals surface area contributed by atoms with Gasteiger partial charge in [0.1, 0.15) is 11.5 Å². The number of carboxylic acid groups (broad SMARTS) is 1. The van der Waals surface area contributed by atoms with Crippen LogP contribution in [0.2, 0.25) is 0 Å². The number of ether oxygens (including phenoxy) is 1. The van der Waals surface area contributed by atoms with Gasteiger partial charge in [-0.3, -0.25) is 19.3 Å². The third kappa shape index (κ3) is 5.18. The summed E-state index contributed by atoms with van der Waals surface area (Å²) in [5.41, 5.74) is 2.92. The van der Waals surface area contributed by atoms with E-state index < -0.39 is 23.7 Å². The second kappa shape index (κ2) is 10.6. The van der Waals surface area contributed by atoms with Gasteiger partial charge in [0.05, 0.1) is 24.6 Å². The lowest BCUT2D eigenvalue weighted by Crippen LogP contribution is -2.29. The Morgan fingerprint density at radius 1 is 0.919 bits per heavy atom. The largest absolute Gasteiger partial charge is 0.507 e. The SMILES string of the molecule is CCOc1ccc(/C(O)=C2/C(=O)C(=O)N(c3ccc(CC(=O)O)cc3)C2c2ccc(N(C)C)cc2)cc1. The average Bonchev–Trinajstić information content (AvgIpc) is 3.14. The number of aliphatic hydroxyl groups is 1. The molecule has 1 unspecified atom stereocenters. The number of aliphatic hydroxyl groups excluding tert-OH is 1. The van der Waals surface area contributed by atoms with Gasteiger partial charge in [-0.2, -0.15) is 0 Å². The van der Waals surface area contributed by atoms with Crippen molar-refractivity contribution >= 4 is 34.8 Å². The summed E-state index contributed by atoms with van der Waals surface area (Å²) >= 11 is 0. The molecule has 0 bridgehead atoms. The van der Waals surface area contributed by atoms with E-state index >= 15 is 0 Å². The van der Waals surface area contributed by atoms with Gasteiger partial charge < -0.3 is 19.8 Å². The van der Waals surface area contributed by atoms with Crippen LogP contribution in [0.25, 0.3) is 5.76 Å². The van der Waals surface area contributed by atoms with Crippen molar-refractivity contribution in [3.63, 3.8) is 0 Å². The molecule has 8 nitrogen and oxygen atoms in total. The summed E-state index contributed by atoms with van der Waals surface area (Å²) in [4.78, 5) is 41.0. The highest BCUT2D eigenvalue weighted by Gasteiger charge is 2.47. The molecule has 0 aliphatic carbocycles. The fourth-order valence-corrected chi connectivity index (χ4v) is 4.35. The van der Waals surface area contributed by atoms with Crippen LogP contribution in [0, 0.1) is 0 Å². The lowest BCUT2D eigenvalue weighted by atomic mass is 9.94. The van der Waals surface area contributed by atoms with E-state index in [1.807, 2.05) is 50.2 Å². The standard InChI is InChI=1S/C29H28N2O6/c1-4-37-23-15-9-20(10-16-23)27(34)25-26(19-7-13-21(14-8-19)30(2)3)31(29(36)28(25)35)22-11-5-18(6-12-22)17-24(32)33/h5-16,26,34H,4,17H2,1-3H3,(H,32,33)/b27-25-. The molecule has 0 spiro atoms. The molecule has 0 radical (unpaired) electrons. The second-order valence-electron chi connectivity index (χ2n) is 8.85. The van der Waals surface area contributed by atoms with Crippen LogP contribution in [0.4, 0.5) is 11.4 Å². The van der Waals surface area contributed by atoms with Crippen LogP contribution in [-0.2, 0) is 20.8 Å². The Hall–Kier alpha value is -4.59. The van der Waals surface area contributed by atoms with Crippen molar-refractivity contribution in [2.75, 3.05) is 30.5 Å². The van der Waals surface area contributed by atoms with Gasteiger partial charge in [-0.25, -0.2) is 0 Å². The minimum atomic E-state index is -0.968. The molecule has 1 heterocycles. The van der Waals surface area contributed by atoms with Crippen LogP contribution in [0.5, 0.6) is 5.75 Å². The molecular formula is C29H28N2O6. The van der Waals surface area contributed by atoms with E-state index in [-0.39, 0.29) is 17.8 Å². The van der Waals surface area contributed by atoms with Gasteiger partial charge >= 0.3 is 5.97 Å². The molecule has 4 rings (SSSR count). The first-order valence-electron chi connectivity index (χ1n) is 11.8. The Bertz CT molecular complexity index is 1340. The van der Waals surface area contributed by atoms with Gasteiger partial charge in [0, 0.05) is 31.0 Å². The molecule has 0 saturated carbocycles. The van der Waals surface area contributed by atoms with E-state index in [9.17, 15) is 19.5 Å². The number of amides is 1. The van der Waals surface area contributed by atoms with Crippen LogP contribution in [-0.4, -0.2) is 48.6 Å². The highest BCUT2D eigenvalue weighted by molar-refractivity contribution is 6.51. The molecule has 2 N–H and O–H groups in total. The molecule has 1 saturated heterocycles. The lowest BCUT2D eigenvalue weighted by molar-refractivity contribution is -0.136. The number of Topliss-reactive ketones (excluding diaryl/α,β-unsaturated/α-hetero) is 1. The van der Waals surface area contributed by atoms with Gasteiger partial charge in [-0.1, -0.05) is 24.3 Å². The number of hydrogen-bond acceptors (Lipinski definition) is 6. The van der Waals surface area contributed by atoms with Crippen molar-refractivity contribution in [1.82, 2.24) is 0 Å². The van der Waals surface area contributed by atoms with Crippen LogP contribution in [0.3, 0.4) is 0 Å². The summed E-state index contributed by atoms with van der Waals surface area (Å²) in [7, 11) is 3.82. The number of aliphatic carboxylic acids is 1. The van der Waals surface area contributed by atoms with E-state index in [0.717, 1.165) is 5.69 Å². The fourth-order valence-electron chi connectivity index (χ4n) is 4.35. The van der Waals surface area contributed by atoms with Crippen molar-refractivity contribution in [3.8, 4) is 5.75 Å². The van der Waals surface area contributed by atoms with Gasteiger partial charge in [-0.15, -0.1) is 0 Å². The van der Waals surface area contributed by atoms with Crippen molar-refractivity contribution < 1.29 is 29.3 Å². The predicted molar refractivity (Wildman–Crippen MR) is 141 cm³/mol. The molecule has 1 fully saturated rings. The molecule has 190 valence electrons. The summed E-state index contributed by atoms with van der Waals surface area (Å²) in [6.07, 6.45) is -0.160. The number of rotatable bonds is 8. The second-order valence-corrected chi connectivity index (χ2v) is 8.85. The van der Waals surface area contributed by atoms with Crippen LogP contribution in [0.15, 0.2) is 78.4 Å². The first-order chi connectivity index (χ1) is 17.7. The third-order valence-corrected chi connectivity index (χ3v) is 6.18. The monoisotopic (exact) mass is 500 g/mol. The van der Waals surface area contributed by atoms with Gasteiger partial charge in [0.25, 0.3) is 11.7 Å². The minimum Gasteiger partial charge on any atom is -0.507 e. The maximum atomic E-state index is 13.3. The van der Waals surface area contributed by atoms with Crippen molar-refractivity contribution in [2.24, 2.45) is 0 Å². The quantitative estimate of drug-likeness (QED) is 0.268. The van der Waals surface area contributed by atoms with Crippen molar-refractivity contribution in [1.29, 1.82) is 0 Å². The van der Waals surface area contributed by atoms with Crippen molar-refractivity contribution in [3.05, 3.63) is 95.1 Å². The van der Waals surface area contributed by atoms with Gasteiger partial charge in [-0.05, 0) is 66.6 Å². The number of carbonyl (C=O) groups is 3. The maximum absolute atomic E-state index is 13.3. The molecule has 8 heteroatoms. The van der Waals surface area contributed by atoms with Crippen LogP contribution < -0.4 is 14.5 Å². The highest BCUT2D eigenvalue weighted by atomic mass is 16.5. The first kappa shape index (κ1) is 25.5. The van der Waals surface area contributed by atoms with Crippen LogP contribution in [0.1, 0.15) is 29.7 Å². The zero-order valence-corrected chi connectivity index (χ0v) is 20.8. The maximum Gasteiger partial charge on any atom is 0.307 e. The molecule has 1 aliphatic heterocycles. The molecule has 1 atom stereocenters. The first-order valence-corrected chi connectivity index (χ1v) is 11.8. The normalized spacial score (nSPS) is 16.6. The number of carbonyl (C=O) groups excluding carboxylic acids is 2. The zero-order chi connectivity index (χ0) is 26.7. The number of nitrogens with zero attached hydrogens (tertiary/aromatic N) is 2. The Kier molecular flexibility index (Phi) is 7.29. The third-order valence-electron chi connectivity index (χ3n) is 6.18. The number of carboxylic acids is 1. The fraction of sp³-hybridized carbons (Fsp3) is 0.207. The zero-order valence-electron chi connectivity index (χ0n) is 20.8. The lowest BCUT2D eigenvalue weighted by Gasteiger charge is -2.26. The Morgan fingerprint density at radius 3 is 2.08 bits per heavy atom. The molecule has 3 aromatic carbocycles. The smallest absolute Gasteiger partial charge is 0.307 e. The molecule has 37 heavy (non-hydrogen) atoms. The summed E-state index contributed by atoms with van der Waals surface area (Å²) in [6, 6.07) is 19.6. The van der Waals surface area contributed by atoms with Crippen LogP contribution >= 0.6 is 0 Å². The van der Waals surface area contributed by atoms with E-state index in [1.54, 1.807) is 48.5 Å². The van der Waals surface area contributed by atoms with Gasteiger partial charge in [0.2, 0.25) is 0 Å². The highest BCUT2D eigenvalue weighted by Crippen LogP contribution is 2.42. The van der Waals surface area contributed by atoms with E-state index in [0.29, 0.717) is 34.7 Å². The predicted octanol–water partition coefficient (Wildman–Crippen LogP) is 4.40. The van der Waals surface area contributed by atoms with Crippen molar-refractivity contribution in [2.45, 2.75) is 19.4 Å². The Labute approximate surface area is 215 Å². The summed E-state index contributed by atoms with van der Waals surface area (Å²) in [5.74, 6) is -2.21. The summed E-state index contributed by atoms with van der Waals surface area (Å²) in [6.45, 7) is 2.36. The van der Waals surface area contributed by atoms with E-state index in [4.69, 9.17) is 9.84 Å². The molecular weight excluding hydrogens is 472 g/mol.